The van der Waals surface area contributed by atoms with Crippen LogP contribution >= 0.6 is 0 Å². The minimum absolute atomic E-state index is 0.0453. The second kappa shape index (κ2) is 4.13. The van der Waals surface area contributed by atoms with Gasteiger partial charge in [0.2, 0.25) is 0 Å². The third-order valence-electron chi connectivity index (χ3n) is 3.52. The van der Waals surface area contributed by atoms with Crippen LogP contribution in [-0.4, -0.2) is 11.0 Å². The van der Waals surface area contributed by atoms with E-state index in [1.807, 2.05) is 0 Å². The van der Waals surface area contributed by atoms with Crippen molar-refractivity contribution < 1.29 is 8.78 Å². The van der Waals surface area contributed by atoms with Crippen molar-refractivity contribution in [1.29, 1.82) is 0 Å². The highest BCUT2D eigenvalue weighted by Gasteiger charge is 2.35. The number of nitrogen functional groups attached to an aromatic ring is 1. The number of hydrogen-bond donors (Lipinski definition) is 2. The van der Waals surface area contributed by atoms with Gasteiger partial charge in [-0.3, -0.25) is 0 Å². The first kappa shape index (κ1) is 12.1. The Bertz CT molecular complexity index is 432. The molecular formula is C12H17F2N3. The van der Waals surface area contributed by atoms with Crippen molar-refractivity contribution in [2.45, 2.75) is 39.2 Å². The molecule has 0 radical (unpaired) electrons. The molecule has 1 aromatic heterocycles. The first-order valence-electron chi connectivity index (χ1n) is 5.78. The van der Waals surface area contributed by atoms with Gasteiger partial charge in [0.05, 0.1) is 0 Å². The Morgan fingerprint density at radius 1 is 1.41 bits per heavy atom. The van der Waals surface area contributed by atoms with Gasteiger partial charge in [0, 0.05) is 12.1 Å². The van der Waals surface area contributed by atoms with Gasteiger partial charge in [-0.25, -0.2) is 13.8 Å². The van der Waals surface area contributed by atoms with Crippen LogP contribution in [0.5, 0.6) is 0 Å². The molecule has 1 aliphatic carbocycles. The van der Waals surface area contributed by atoms with Crippen molar-refractivity contribution in [2.24, 2.45) is 5.41 Å². The maximum absolute atomic E-state index is 13.5. The van der Waals surface area contributed by atoms with Crippen molar-refractivity contribution in [3.8, 4) is 0 Å². The summed E-state index contributed by atoms with van der Waals surface area (Å²) in [6.07, 6.45) is 3.15. The quantitative estimate of drug-likeness (QED) is 0.837. The third kappa shape index (κ3) is 2.33. The average molecular weight is 241 g/mol. The molecule has 1 atom stereocenters. The Balaban J connectivity index is 2.22. The second-order valence-corrected chi connectivity index (χ2v) is 5.26. The van der Waals surface area contributed by atoms with Gasteiger partial charge < -0.3 is 11.1 Å². The van der Waals surface area contributed by atoms with Gasteiger partial charge in [-0.15, -0.1) is 0 Å². The van der Waals surface area contributed by atoms with Gasteiger partial charge in [0.1, 0.15) is 0 Å². The number of nitrogens with zero attached hydrogens (tertiary/aromatic N) is 1. The highest BCUT2D eigenvalue weighted by Crippen LogP contribution is 2.39. The fourth-order valence-electron chi connectivity index (χ4n) is 2.34. The van der Waals surface area contributed by atoms with Crippen LogP contribution in [0.15, 0.2) is 6.07 Å². The minimum atomic E-state index is -0.821. The molecule has 2 rings (SSSR count). The highest BCUT2D eigenvalue weighted by atomic mass is 19.1. The normalized spacial score (nSPS) is 22.7. The van der Waals surface area contributed by atoms with Crippen molar-refractivity contribution in [3.05, 3.63) is 17.7 Å². The molecule has 1 unspecified atom stereocenters. The Kier molecular flexibility index (Phi) is 2.93. The van der Waals surface area contributed by atoms with E-state index in [0.717, 1.165) is 25.3 Å². The zero-order chi connectivity index (χ0) is 12.6. The molecule has 0 amide bonds. The zero-order valence-corrected chi connectivity index (χ0v) is 10.1. The highest BCUT2D eigenvalue weighted by molar-refractivity contribution is 5.45. The lowest BCUT2D eigenvalue weighted by molar-refractivity contribution is 0.348. The Labute approximate surface area is 99.4 Å². The van der Waals surface area contributed by atoms with Gasteiger partial charge in [-0.1, -0.05) is 20.3 Å². The summed E-state index contributed by atoms with van der Waals surface area (Å²) in [5.74, 6) is -1.74. The summed E-state index contributed by atoms with van der Waals surface area (Å²) >= 11 is 0. The molecule has 94 valence electrons. The molecule has 1 aromatic rings. The zero-order valence-electron chi connectivity index (χ0n) is 10.1. The fourth-order valence-corrected chi connectivity index (χ4v) is 2.34. The first-order chi connectivity index (χ1) is 7.90. The summed E-state index contributed by atoms with van der Waals surface area (Å²) in [5.41, 5.74) is 5.43. The van der Waals surface area contributed by atoms with E-state index in [2.05, 4.69) is 24.1 Å². The molecule has 1 aliphatic rings. The number of rotatable bonds is 2. The van der Waals surface area contributed by atoms with Crippen LogP contribution in [0.25, 0.3) is 0 Å². The Morgan fingerprint density at radius 3 is 2.71 bits per heavy atom. The van der Waals surface area contributed by atoms with Crippen molar-refractivity contribution in [3.63, 3.8) is 0 Å². The molecule has 0 spiro atoms. The van der Waals surface area contributed by atoms with Crippen LogP contribution in [-0.2, 0) is 0 Å². The largest absolute Gasteiger partial charge is 0.381 e. The van der Waals surface area contributed by atoms with E-state index in [0.29, 0.717) is 0 Å². The summed E-state index contributed by atoms with van der Waals surface area (Å²) in [5, 5.41) is 3.03. The van der Waals surface area contributed by atoms with Crippen molar-refractivity contribution in [1.82, 2.24) is 4.98 Å². The summed E-state index contributed by atoms with van der Waals surface area (Å²) in [6.45, 7) is 4.25. The van der Waals surface area contributed by atoms with Gasteiger partial charge in [0.15, 0.2) is 23.3 Å². The van der Waals surface area contributed by atoms with Gasteiger partial charge in [0.25, 0.3) is 0 Å². The van der Waals surface area contributed by atoms with E-state index < -0.39 is 11.6 Å². The molecule has 3 N–H and O–H groups in total. The molecule has 0 aromatic carbocycles. The molecule has 1 heterocycles. The van der Waals surface area contributed by atoms with Crippen LogP contribution in [0.4, 0.5) is 20.4 Å². The van der Waals surface area contributed by atoms with E-state index >= 15 is 0 Å². The lowest BCUT2D eigenvalue weighted by atomic mass is 9.87. The predicted octanol–water partition coefficient (Wildman–Crippen LogP) is 2.93. The molecule has 0 bridgehead atoms. The SMILES string of the molecule is CC1(C)CCCC1Nc1nc(N)c(F)cc1F. The fraction of sp³-hybridized carbons (Fsp3) is 0.583. The van der Waals surface area contributed by atoms with E-state index in [-0.39, 0.29) is 23.1 Å². The predicted molar refractivity (Wildman–Crippen MR) is 63.6 cm³/mol. The smallest absolute Gasteiger partial charge is 0.168 e. The number of pyridine rings is 1. The maximum atomic E-state index is 13.5. The molecule has 3 nitrogen and oxygen atoms in total. The Hall–Kier alpha value is -1.39. The van der Waals surface area contributed by atoms with Crippen LogP contribution in [0.3, 0.4) is 0 Å². The number of anilines is 2. The molecule has 1 fully saturated rings. The van der Waals surface area contributed by atoms with Crippen LogP contribution in [0.1, 0.15) is 33.1 Å². The number of nitrogens with two attached hydrogens (primary N) is 1. The van der Waals surface area contributed by atoms with Crippen LogP contribution in [0.2, 0.25) is 0 Å². The molecule has 0 saturated heterocycles. The number of aromatic nitrogens is 1. The summed E-state index contributed by atoms with van der Waals surface area (Å²) in [6, 6.07) is 0.918. The maximum Gasteiger partial charge on any atom is 0.168 e. The number of halogens is 2. The van der Waals surface area contributed by atoms with Crippen LogP contribution < -0.4 is 11.1 Å². The lowest BCUT2D eigenvalue weighted by Gasteiger charge is -2.28. The monoisotopic (exact) mass is 241 g/mol. The summed E-state index contributed by atoms with van der Waals surface area (Å²) < 4.78 is 26.5. The van der Waals surface area contributed by atoms with Gasteiger partial charge in [-0.2, -0.15) is 0 Å². The first-order valence-corrected chi connectivity index (χ1v) is 5.78. The van der Waals surface area contributed by atoms with Crippen molar-refractivity contribution in [2.75, 3.05) is 11.1 Å². The molecule has 1 saturated carbocycles. The van der Waals surface area contributed by atoms with Crippen molar-refractivity contribution >= 4 is 11.6 Å². The Morgan fingerprint density at radius 2 is 2.12 bits per heavy atom. The summed E-state index contributed by atoms with van der Waals surface area (Å²) in [4.78, 5) is 3.72. The van der Waals surface area contributed by atoms with Gasteiger partial charge in [-0.05, 0) is 18.3 Å². The molecular weight excluding hydrogens is 224 g/mol. The van der Waals surface area contributed by atoms with E-state index in [1.165, 1.54) is 0 Å². The number of hydrogen-bond acceptors (Lipinski definition) is 3. The topological polar surface area (TPSA) is 50.9 Å². The van der Waals surface area contributed by atoms with E-state index in [9.17, 15) is 8.78 Å². The standard InChI is InChI=1S/C12H17F2N3/c1-12(2)5-3-4-9(12)16-11-8(14)6-7(13)10(15)17-11/h6,9H,3-5H2,1-2H3,(H3,15,16,17). The lowest BCUT2D eigenvalue weighted by Crippen LogP contribution is -2.31. The molecule has 17 heavy (non-hydrogen) atoms. The molecule has 5 heteroatoms. The second-order valence-electron chi connectivity index (χ2n) is 5.26. The summed E-state index contributed by atoms with van der Waals surface area (Å²) in [7, 11) is 0. The van der Waals surface area contributed by atoms with E-state index in [4.69, 9.17) is 5.73 Å². The van der Waals surface area contributed by atoms with Crippen LogP contribution in [0, 0.1) is 17.0 Å². The number of nitrogens with one attached hydrogen (secondary N) is 1. The third-order valence-corrected chi connectivity index (χ3v) is 3.52. The van der Waals surface area contributed by atoms with Gasteiger partial charge >= 0.3 is 0 Å². The molecule has 0 aliphatic heterocycles. The van der Waals surface area contributed by atoms with E-state index in [1.54, 1.807) is 0 Å². The average Bonchev–Trinajstić information content (AvgIpc) is 2.55. The minimum Gasteiger partial charge on any atom is -0.381 e.